The third-order valence-corrected chi connectivity index (χ3v) is 5.01. The summed E-state index contributed by atoms with van der Waals surface area (Å²) in [6, 6.07) is 3.52. The van der Waals surface area contributed by atoms with Gasteiger partial charge in [0.15, 0.2) is 17.5 Å². The number of methoxy groups -OCH3 is 1. The fraction of sp³-hybridized carbons (Fsp3) is 0.300. The fourth-order valence-electron chi connectivity index (χ4n) is 3.44. The van der Waals surface area contributed by atoms with E-state index in [-0.39, 0.29) is 29.7 Å². The van der Waals surface area contributed by atoms with E-state index >= 15 is 0 Å². The maximum Gasteiger partial charge on any atom is 0.405 e. The van der Waals surface area contributed by atoms with Gasteiger partial charge in [-0.25, -0.2) is 19.2 Å². The number of halogens is 1. The molecular formula is C20H20FN9O4. The molecule has 4 heterocycles. The van der Waals surface area contributed by atoms with E-state index in [2.05, 4.69) is 36.1 Å². The SMILES string of the molecule is COc1ncc(Nc2nc(N[C@@H]3CCOC[C@@H]3NC(=O)O)c(F)cc2C#N)cc1-n1nccn1. The number of nitrogens with zero attached hydrogens (tertiary/aromatic N) is 6. The lowest BCUT2D eigenvalue weighted by Crippen LogP contribution is -2.52. The number of carbonyl (C=O) groups is 1. The van der Waals surface area contributed by atoms with Crippen LogP contribution in [0.15, 0.2) is 30.7 Å². The van der Waals surface area contributed by atoms with Gasteiger partial charge in [-0.05, 0) is 18.6 Å². The Hall–Kier alpha value is -4.51. The molecule has 1 amide bonds. The molecule has 176 valence electrons. The van der Waals surface area contributed by atoms with Gasteiger partial charge in [0, 0.05) is 6.61 Å². The van der Waals surface area contributed by atoms with Crippen LogP contribution in [0.3, 0.4) is 0 Å². The number of amides is 1. The largest absolute Gasteiger partial charge is 0.479 e. The summed E-state index contributed by atoms with van der Waals surface area (Å²) in [7, 11) is 1.46. The van der Waals surface area contributed by atoms with Crippen LogP contribution in [0.4, 0.5) is 26.5 Å². The second-order valence-electron chi connectivity index (χ2n) is 7.19. The number of rotatable bonds is 7. The number of carboxylic acid groups (broad SMARTS) is 1. The van der Waals surface area contributed by atoms with Crippen molar-refractivity contribution in [3.63, 3.8) is 0 Å². The summed E-state index contributed by atoms with van der Waals surface area (Å²) in [4.78, 5) is 20.8. The molecule has 0 unspecified atom stereocenters. The van der Waals surface area contributed by atoms with Crippen LogP contribution in [0.1, 0.15) is 12.0 Å². The molecule has 3 aromatic rings. The second-order valence-corrected chi connectivity index (χ2v) is 7.19. The van der Waals surface area contributed by atoms with E-state index in [0.717, 1.165) is 6.07 Å². The van der Waals surface area contributed by atoms with Gasteiger partial charge in [-0.3, -0.25) is 0 Å². The average Bonchev–Trinajstić information content (AvgIpc) is 3.36. The van der Waals surface area contributed by atoms with Crippen molar-refractivity contribution in [2.24, 2.45) is 0 Å². The Balaban J connectivity index is 1.63. The van der Waals surface area contributed by atoms with Crippen molar-refractivity contribution < 1.29 is 23.8 Å². The first-order valence-electron chi connectivity index (χ1n) is 10.1. The van der Waals surface area contributed by atoms with E-state index in [1.54, 1.807) is 6.07 Å². The maximum atomic E-state index is 14.7. The third-order valence-electron chi connectivity index (χ3n) is 5.01. The highest BCUT2D eigenvalue weighted by molar-refractivity contribution is 5.67. The number of anilines is 3. The maximum absolute atomic E-state index is 14.7. The van der Waals surface area contributed by atoms with E-state index in [1.807, 2.05) is 6.07 Å². The Morgan fingerprint density at radius 1 is 1.32 bits per heavy atom. The number of ether oxygens (including phenoxy) is 2. The topological polar surface area (TPSA) is 172 Å². The van der Waals surface area contributed by atoms with Crippen LogP contribution in [-0.2, 0) is 4.74 Å². The summed E-state index contributed by atoms with van der Waals surface area (Å²) in [5, 5.41) is 34.9. The van der Waals surface area contributed by atoms with Crippen molar-refractivity contribution in [2.45, 2.75) is 18.5 Å². The quantitative estimate of drug-likeness (QED) is 0.396. The minimum atomic E-state index is -1.22. The van der Waals surface area contributed by atoms with Crippen molar-refractivity contribution >= 4 is 23.4 Å². The molecule has 0 aliphatic carbocycles. The van der Waals surface area contributed by atoms with Gasteiger partial charge in [-0.15, -0.1) is 4.80 Å². The van der Waals surface area contributed by atoms with E-state index in [9.17, 15) is 14.4 Å². The highest BCUT2D eigenvalue weighted by Crippen LogP contribution is 2.28. The summed E-state index contributed by atoms with van der Waals surface area (Å²) in [5.41, 5.74) is 0.817. The van der Waals surface area contributed by atoms with Gasteiger partial charge in [0.25, 0.3) is 0 Å². The van der Waals surface area contributed by atoms with Crippen LogP contribution in [-0.4, -0.2) is 68.6 Å². The smallest absolute Gasteiger partial charge is 0.405 e. The molecule has 1 fully saturated rings. The molecule has 1 aliphatic rings. The number of hydrogen-bond donors (Lipinski definition) is 4. The number of hydrogen-bond acceptors (Lipinski definition) is 10. The summed E-state index contributed by atoms with van der Waals surface area (Å²) in [6.45, 7) is 0.509. The van der Waals surface area contributed by atoms with Gasteiger partial charge in [0.05, 0.1) is 55.6 Å². The lowest BCUT2D eigenvalue weighted by Gasteiger charge is -2.32. The van der Waals surface area contributed by atoms with Crippen LogP contribution in [0.25, 0.3) is 5.69 Å². The van der Waals surface area contributed by atoms with Crippen molar-refractivity contribution in [1.82, 2.24) is 30.3 Å². The molecule has 0 bridgehead atoms. The number of pyridine rings is 2. The summed E-state index contributed by atoms with van der Waals surface area (Å²) in [6.07, 6.45) is 3.66. The predicted octanol–water partition coefficient (Wildman–Crippen LogP) is 1.66. The van der Waals surface area contributed by atoms with E-state index in [1.165, 1.54) is 30.5 Å². The van der Waals surface area contributed by atoms with Crippen molar-refractivity contribution in [3.8, 4) is 17.6 Å². The first kappa shape index (κ1) is 22.7. The molecule has 0 saturated carbocycles. The van der Waals surface area contributed by atoms with Gasteiger partial charge in [-0.2, -0.15) is 15.5 Å². The Labute approximate surface area is 192 Å². The van der Waals surface area contributed by atoms with Gasteiger partial charge in [0.2, 0.25) is 5.88 Å². The molecule has 3 aromatic heterocycles. The number of aromatic nitrogens is 5. The number of nitrogens with one attached hydrogen (secondary N) is 3. The van der Waals surface area contributed by atoms with Crippen molar-refractivity contribution in [3.05, 3.63) is 42.1 Å². The summed E-state index contributed by atoms with van der Waals surface area (Å²) < 4.78 is 25.3. The Kier molecular flexibility index (Phi) is 6.64. The molecule has 34 heavy (non-hydrogen) atoms. The molecule has 13 nitrogen and oxygen atoms in total. The Bertz CT molecular complexity index is 1220. The Morgan fingerprint density at radius 2 is 2.12 bits per heavy atom. The minimum absolute atomic E-state index is 0.0372. The van der Waals surface area contributed by atoms with E-state index in [4.69, 9.17) is 14.6 Å². The molecule has 2 atom stereocenters. The first-order valence-corrected chi connectivity index (χ1v) is 10.1. The monoisotopic (exact) mass is 469 g/mol. The van der Waals surface area contributed by atoms with Crippen LogP contribution in [0, 0.1) is 17.1 Å². The molecule has 0 spiro atoms. The lowest BCUT2D eigenvalue weighted by atomic mass is 10.0. The summed E-state index contributed by atoms with van der Waals surface area (Å²) >= 11 is 0. The van der Waals surface area contributed by atoms with Crippen LogP contribution in [0.2, 0.25) is 0 Å². The highest BCUT2D eigenvalue weighted by atomic mass is 19.1. The van der Waals surface area contributed by atoms with Gasteiger partial charge in [-0.1, -0.05) is 0 Å². The molecule has 4 rings (SSSR count). The van der Waals surface area contributed by atoms with Gasteiger partial charge < -0.3 is 30.5 Å². The normalized spacial score (nSPS) is 17.4. The fourth-order valence-corrected chi connectivity index (χ4v) is 3.44. The minimum Gasteiger partial charge on any atom is -0.479 e. The van der Waals surface area contributed by atoms with E-state index in [0.29, 0.717) is 24.4 Å². The zero-order valence-electron chi connectivity index (χ0n) is 17.9. The number of nitriles is 1. The lowest BCUT2D eigenvalue weighted by molar-refractivity contribution is 0.0625. The molecule has 1 saturated heterocycles. The van der Waals surface area contributed by atoms with Gasteiger partial charge in [0.1, 0.15) is 11.8 Å². The van der Waals surface area contributed by atoms with Crippen LogP contribution < -0.4 is 20.7 Å². The highest BCUT2D eigenvalue weighted by Gasteiger charge is 2.28. The van der Waals surface area contributed by atoms with Crippen molar-refractivity contribution in [2.75, 3.05) is 31.0 Å². The first-order chi connectivity index (χ1) is 16.5. The third kappa shape index (κ3) is 4.94. The molecule has 1 aliphatic heterocycles. The predicted molar refractivity (Wildman–Crippen MR) is 116 cm³/mol. The van der Waals surface area contributed by atoms with Crippen LogP contribution in [0.5, 0.6) is 5.88 Å². The molecule has 0 radical (unpaired) electrons. The second kappa shape index (κ2) is 9.96. The molecule has 4 N–H and O–H groups in total. The molecule has 0 aromatic carbocycles. The zero-order chi connectivity index (χ0) is 24.1. The van der Waals surface area contributed by atoms with Gasteiger partial charge >= 0.3 is 6.09 Å². The van der Waals surface area contributed by atoms with Crippen LogP contribution >= 0.6 is 0 Å². The van der Waals surface area contributed by atoms with E-state index < -0.39 is 24.0 Å². The Morgan fingerprint density at radius 3 is 2.82 bits per heavy atom. The zero-order valence-corrected chi connectivity index (χ0v) is 17.9. The molecule has 14 heteroatoms. The van der Waals surface area contributed by atoms with Crippen molar-refractivity contribution in [1.29, 1.82) is 5.26 Å². The molecular weight excluding hydrogens is 449 g/mol. The average molecular weight is 469 g/mol. The summed E-state index contributed by atoms with van der Waals surface area (Å²) in [5.74, 6) is -0.543. The standard InChI is InChI=1S/C20H20FN9O4/c1-33-19-16(30-24-3-4-25-30)7-12(9-23-19)26-17-11(8-22)6-13(21)18(29-17)27-14-2-5-34-10-15(14)28-20(31)32/h3-4,6-7,9,14-15,28H,2,5,10H2,1H3,(H,31,32)(H2,26,27,29)/t14-,15+/m1/s1.